The Morgan fingerprint density at radius 3 is 1.96 bits per heavy atom. The van der Waals surface area contributed by atoms with E-state index in [0.29, 0.717) is 0 Å². The van der Waals surface area contributed by atoms with Gasteiger partial charge in [-0.3, -0.25) is 0 Å². The molecular weight excluding hydrogens is 651 g/mol. The van der Waals surface area contributed by atoms with Crippen LogP contribution in [0.4, 0.5) is 17.1 Å². The molecular formula is C48H35NSSi. The minimum Gasteiger partial charge on any atom is -0.310 e. The van der Waals surface area contributed by atoms with Crippen molar-refractivity contribution in [1.29, 1.82) is 0 Å². The molecule has 0 unspecified atom stereocenters. The zero-order valence-electron chi connectivity index (χ0n) is 28.6. The molecule has 0 saturated heterocycles. The summed E-state index contributed by atoms with van der Waals surface area (Å²) in [6, 6.07) is 65.1. The normalized spacial score (nSPS) is 13.1. The van der Waals surface area contributed by atoms with E-state index >= 15 is 0 Å². The zero-order valence-corrected chi connectivity index (χ0v) is 30.4. The minimum atomic E-state index is -2.00. The number of rotatable bonds is 5. The molecule has 0 saturated carbocycles. The van der Waals surface area contributed by atoms with Gasteiger partial charge >= 0.3 is 0 Å². The molecule has 0 fully saturated rings. The van der Waals surface area contributed by atoms with Gasteiger partial charge in [-0.1, -0.05) is 140 Å². The van der Waals surface area contributed by atoms with Crippen molar-refractivity contribution >= 4 is 77.8 Å². The quantitative estimate of drug-likeness (QED) is 0.163. The Bertz CT molecular complexity index is 2780. The van der Waals surface area contributed by atoms with Crippen LogP contribution in [0.2, 0.25) is 13.1 Å². The van der Waals surface area contributed by atoms with E-state index in [2.05, 4.69) is 194 Å². The monoisotopic (exact) mass is 685 g/mol. The molecule has 0 bridgehead atoms. The Kier molecular flexibility index (Phi) is 6.89. The van der Waals surface area contributed by atoms with E-state index < -0.39 is 8.07 Å². The van der Waals surface area contributed by atoms with Crippen molar-refractivity contribution in [2.45, 2.75) is 13.1 Å². The molecule has 10 rings (SSSR count). The van der Waals surface area contributed by atoms with Gasteiger partial charge in [0.1, 0.15) is 8.07 Å². The van der Waals surface area contributed by atoms with E-state index in [1.807, 2.05) is 11.3 Å². The Balaban J connectivity index is 1.22. The van der Waals surface area contributed by atoms with E-state index in [0.717, 1.165) is 11.4 Å². The Morgan fingerprint density at radius 1 is 0.431 bits per heavy atom. The van der Waals surface area contributed by atoms with Crippen LogP contribution in [-0.2, 0) is 0 Å². The molecule has 51 heavy (non-hydrogen) atoms. The number of fused-ring (bicyclic) bond motifs is 8. The second kappa shape index (κ2) is 11.7. The summed E-state index contributed by atoms with van der Waals surface area (Å²) in [5.41, 5.74) is 11.2. The van der Waals surface area contributed by atoms with Crippen LogP contribution >= 0.6 is 11.3 Å². The van der Waals surface area contributed by atoms with Crippen molar-refractivity contribution in [1.82, 2.24) is 0 Å². The predicted octanol–water partition coefficient (Wildman–Crippen LogP) is 12.8. The summed E-state index contributed by atoms with van der Waals surface area (Å²) in [5, 5.41) is 8.32. The molecule has 1 aliphatic rings. The van der Waals surface area contributed by atoms with E-state index in [-0.39, 0.29) is 0 Å². The summed E-state index contributed by atoms with van der Waals surface area (Å²) < 4.78 is 2.71. The average molecular weight is 686 g/mol. The maximum absolute atomic E-state index is 2.53. The number of nitrogens with zero attached hydrogens (tertiary/aromatic N) is 1. The first-order valence-electron chi connectivity index (χ1n) is 17.7. The molecule has 8 aromatic carbocycles. The third-order valence-corrected chi connectivity index (χ3v) is 15.5. The summed E-state index contributed by atoms with van der Waals surface area (Å²) >= 11 is 1.91. The topological polar surface area (TPSA) is 3.24 Å². The molecule has 1 aliphatic heterocycles. The van der Waals surface area contributed by atoms with Crippen molar-refractivity contribution in [3.63, 3.8) is 0 Å². The summed E-state index contributed by atoms with van der Waals surface area (Å²) in [5.74, 6) is 0. The highest BCUT2D eigenvalue weighted by atomic mass is 32.1. The fraction of sp³-hybridized carbons (Fsp3) is 0.0417. The first-order chi connectivity index (χ1) is 25.0. The lowest BCUT2D eigenvalue weighted by atomic mass is 9.96. The number of hydrogen-bond acceptors (Lipinski definition) is 2. The number of hydrogen-bond donors (Lipinski definition) is 0. The molecule has 1 nitrogen and oxygen atoms in total. The van der Waals surface area contributed by atoms with Gasteiger partial charge in [-0.15, -0.1) is 11.3 Å². The Morgan fingerprint density at radius 2 is 1.10 bits per heavy atom. The predicted molar refractivity (Wildman–Crippen MR) is 225 cm³/mol. The smallest absolute Gasteiger partial charge is 0.113 e. The largest absolute Gasteiger partial charge is 0.310 e. The summed E-state index contributed by atoms with van der Waals surface area (Å²) in [6.07, 6.45) is 0. The zero-order chi connectivity index (χ0) is 34.1. The van der Waals surface area contributed by atoms with Crippen LogP contribution in [-0.4, -0.2) is 8.07 Å². The van der Waals surface area contributed by atoms with Crippen LogP contribution in [0, 0.1) is 0 Å². The molecule has 0 spiro atoms. The van der Waals surface area contributed by atoms with Gasteiger partial charge in [-0.25, -0.2) is 0 Å². The molecule has 242 valence electrons. The van der Waals surface area contributed by atoms with E-state index in [1.165, 1.54) is 80.4 Å². The lowest BCUT2D eigenvalue weighted by Gasteiger charge is -2.29. The highest BCUT2D eigenvalue weighted by molar-refractivity contribution is 7.26. The van der Waals surface area contributed by atoms with Crippen molar-refractivity contribution in [2.24, 2.45) is 0 Å². The van der Waals surface area contributed by atoms with Gasteiger partial charge in [0.2, 0.25) is 0 Å². The highest BCUT2D eigenvalue weighted by Crippen LogP contribution is 2.48. The van der Waals surface area contributed by atoms with Gasteiger partial charge in [0.25, 0.3) is 0 Å². The third-order valence-electron chi connectivity index (χ3n) is 10.8. The lowest BCUT2D eigenvalue weighted by Crippen LogP contribution is -2.49. The van der Waals surface area contributed by atoms with E-state index in [4.69, 9.17) is 0 Å². The summed E-state index contributed by atoms with van der Waals surface area (Å²) in [7, 11) is -2.00. The van der Waals surface area contributed by atoms with Crippen LogP contribution in [0.1, 0.15) is 0 Å². The third kappa shape index (κ3) is 4.80. The minimum absolute atomic E-state index is 1.15. The van der Waals surface area contributed by atoms with Crippen LogP contribution in [0.15, 0.2) is 176 Å². The highest BCUT2D eigenvalue weighted by Gasteiger charge is 2.41. The second-order valence-corrected chi connectivity index (χ2v) is 19.6. The average Bonchev–Trinajstić information content (AvgIpc) is 3.68. The van der Waals surface area contributed by atoms with Gasteiger partial charge in [0.15, 0.2) is 0 Å². The number of thiophene rings is 1. The van der Waals surface area contributed by atoms with Gasteiger partial charge in [0, 0.05) is 37.1 Å². The van der Waals surface area contributed by atoms with Crippen molar-refractivity contribution < 1.29 is 0 Å². The first kappa shape index (κ1) is 30.1. The van der Waals surface area contributed by atoms with Crippen LogP contribution in [0.3, 0.4) is 0 Å². The molecule has 2 heterocycles. The van der Waals surface area contributed by atoms with Gasteiger partial charge in [-0.2, -0.15) is 0 Å². The number of anilines is 3. The molecule has 0 aliphatic carbocycles. The Labute approximate surface area is 303 Å². The molecule has 0 N–H and O–H groups in total. The molecule has 0 amide bonds. The van der Waals surface area contributed by atoms with Gasteiger partial charge in [0.05, 0.1) is 5.69 Å². The SMILES string of the molecule is C[Si]1(C)c2cccc(N(c3ccc(-c4ccccc4)cc3)c3cccc(-c4ccc5ccccc5c4)c3)c2-c2c1ccc1sc3ccccc3c21. The first-order valence-corrected chi connectivity index (χ1v) is 21.5. The number of benzene rings is 8. The standard InChI is InChI=1S/C48H35NSSi/c1-51(2)44-21-11-19-41(47(44)48-45(51)29-28-43-46(48)40-18-8-9-20-42(40)50-43)49(38-26-24-34(25-27-38)32-12-4-3-5-13-32)39-17-10-16-36(31-39)37-23-22-33-14-6-7-15-35(33)30-37/h3-31H,1-2H3. The van der Waals surface area contributed by atoms with Crippen LogP contribution in [0.5, 0.6) is 0 Å². The maximum atomic E-state index is 2.53. The van der Waals surface area contributed by atoms with Gasteiger partial charge < -0.3 is 4.90 Å². The Hall–Kier alpha value is -5.74. The van der Waals surface area contributed by atoms with Gasteiger partial charge in [-0.05, 0) is 97.5 Å². The molecule has 0 radical (unpaired) electrons. The van der Waals surface area contributed by atoms with Crippen molar-refractivity contribution in [3.05, 3.63) is 176 Å². The van der Waals surface area contributed by atoms with E-state index in [1.54, 1.807) is 0 Å². The molecule has 3 heteroatoms. The molecule has 1 aromatic heterocycles. The molecule has 9 aromatic rings. The fourth-order valence-corrected chi connectivity index (χ4v) is 12.5. The van der Waals surface area contributed by atoms with Crippen molar-refractivity contribution in [2.75, 3.05) is 4.90 Å². The lowest BCUT2D eigenvalue weighted by molar-refractivity contribution is 1.29. The van der Waals surface area contributed by atoms with Crippen LogP contribution < -0.4 is 15.3 Å². The summed E-state index contributed by atoms with van der Waals surface area (Å²) in [4.78, 5) is 2.51. The maximum Gasteiger partial charge on any atom is 0.113 e. The van der Waals surface area contributed by atoms with E-state index in [9.17, 15) is 0 Å². The fourth-order valence-electron chi connectivity index (χ4n) is 8.31. The molecule has 0 atom stereocenters. The van der Waals surface area contributed by atoms with Crippen LogP contribution in [0.25, 0.3) is 64.3 Å². The van der Waals surface area contributed by atoms with Crippen molar-refractivity contribution in [3.8, 4) is 33.4 Å². The second-order valence-electron chi connectivity index (χ2n) is 14.1. The summed E-state index contributed by atoms with van der Waals surface area (Å²) in [6.45, 7) is 5.06.